The van der Waals surface area contributed by atoms with Crippen molar-refractivity contribution in [3.8, 4) is 0 Å². The first-order chi connectivity index (χ1) is 15.0. The number of hydrogen-bond donors (Lipinski definition) is 0. The number of ketones is 2. The molecular formula is C26H30N2O4. The number of carbonyl (C=O) groups is 2. The Morgan fingerprint density at radius 2 is 1.44 bits per heavy atom. The van der Waals surface area contributed by atoms with Crippen LogP contribution in [0.15, 0.2) is 46.8 Å². The summed E-state index contributed by atoms with van der Waals surface area (Å²) in [4.78, 5) is 40.6. The number of rotatable bonds is 3. The summed E-state index contributed by atoms with van der Waals surface area (Å²) in [6.45, 7) is 8.51. The molecule has 0 unspecified atom stereocenters. The molecule has 1 aromatic rings. The van der Waals surface area contributed by atoms with Gasteiger partial charge in [-0.05, 0) is 42.1 Å². The highest BCUT2D eigenvalue weighted by molar-refractivity contribution is 6.06. The molecule has 1 aromatic carbocycles. The molecule has 1 aliphatic heterocycles. The molecule has 6 nitrogen and oxygen atoms in total. The van der Waals surface area contributed by atoms with E-state index in [9.17, 15) is 19.7 Å². The summed E-state index contributed by atoms with van der Waals surface area (Å²) < 4.78 is 0. The fraction of sp³-hybridized carbons (Fsp3) is 0.538. The summed E-state index contributed by atoms with van der Waals surface area (Å²) in [6, 6.07) is 6.85. The maximum atomic E-state index is 13.6. The van der Waals surface area contributed by atoms with Gasteiger partial charge in [-0.25, -0.2) is 0 Å². The van der Waals surface area contributed by atoms with Gasteiger partial charge in [0.1, 0.15) is 0 Å². The van der Waals surface area contributed by atoms with Crippen LogP contribution in [0.25, 0.3) is 0 Å². The highest BCUT2D eigenvalue weighted by Crippen LogP contribution is 2.56. The van der Waals surface area contributed by atoms with E-state index in [1.807, 2.05) is 6.07 Å². The molecule has 0 atom stereocenters. The van der Waals surface area contributed by atoms with E-state index in [1.165, 1.54) is 6.07 Å². The van der Waals surface area contributed by atoms with Gasteiger partial charge >= 0.3 is 0 Å². The molecule has 32 heavy (non-hydrogen) atoms. The van der Waals surface area contributed by atoms with E-state index < -0.39 is 10.8 Å². The summed E-state index contributed by atoms with van der Waals surface area (Å²) in [5.41, 5.74) is 3.86. The lowest BCUT2D eigenvalue weighted by atomic mass is 9.63. The largest absolute Gasteiger partial charge is 0.345 e. The number of nitro groups is 1. The lowest BCUT2D eigenvalue weighted by Crippen LogP contribution is -2.45. The summed E-state index contributed by atoms with van der Waals surface area (Å²) in [5.74, 6) is -0.368. The van der Waals surface area contributed by atoms with Gasteiger partial charge in [0.25, 0.3) is 5.69 Å². The van der Waals surface area contributed by atoms with Crippen molar-refractivity contribution in [1.82, 2.24) is 4.90 Å². The molecule has 1 fully saturated rings. The number of benzene rings is 1. The summed E-state index contributed by atoms with van der Waals surface area (Å²) in [7, 11) is 0. The molecule has 0 aromatic heterocycles. The van der Waals surface area contributed by atoms with Gasteiger partial charge < -0.3 is 4.90 Å². The Bertz CT molecular complexity index is 1070. The van der Waals surface area contributed by atoms with E-state index in [4.69, 9.17) is 0 Å². The summed E-state index contributed by atoms with van der Waals surface area (Å²) in [6.07, 6.45) is 4.55. The van der Waals surface area contributed by atoms with Crippen molar-refractivity contribution in [3.63, 3.8) is 0 Å². The van der Waals surface area contributed by atoms with Gasteiger partial charge in [0.15, 0.2) is 11.6 Å². The van der Waals surface area contributed by atoms with Crippen LogP contribution in [0.1, 0.15) is 77.7 Å². The predicted molar refractivity (Wildman–Crippen MR) is 121 cm³/mol. The molecule has 6 heteroatoms. The molecule has 0 saturated heterocycles. The molecule has 0 amide bonds. The van der Waals surface area contributed by atoms with Crippen molar-refractivity contribution in [2.24, 2.45) is 10.8 Å². The maximum absolute atomic E-state index is 13.6. The minimum atomic E-state index is -0.512. The Morgan fingerprint density at radius 3 is 1.91 bits per heavy atom. The number of nitrogens with zero attached hydrogens (tertiary/aromatic N) is 2. The molecule has 0 radical (unpaired) electrons. The third kappa shape index (κ3) is 3.40. The monoisotopic (exact) mass is 434 g/mol. The van der Waals surface area contributed by atoms with Gasteiger partial charge in [0.05, 0.1) is 4.92 Å². The van der Waals surface area contributed by atoms with Crippen LogP contribution < -0.4 is 0 Å². The molecule has 0 spiro atoms. The standard InChI is InChI=1S/C26H30N2O4/c1-25(2)11-18-23(20(29)13-25)22(15-6-5-7-17(10-15)28(31)32)24-19(27(18)16-8-9-16)12-26(3,4)14-21(24)30/h5-7,10,16,22H,8-9,11-14H2,1-4H3. The Hall–Kier alpha value is -2.76. The molecule has 3 aliphatic carbocycles. The van der Waals surface area contributed by atoms with Crippen LogP contribution in [0.3, 0.4) is 0 Å². The Morgan fingerprint density at radius 1 is 0.906 bits per heavy atom. The lowest BCUT2D eigenvalue weighted by molar-refractivity contribution is -0.384. The lowest BCUT2D eigenvalue weighted by Gasteiger charge is -2.49. The molecular weight excluding hydrogens is 404 g/mol. The Labute approximate surface area is 188 Å². The van der Waals surface area contributed by atoms with Crippen LogP contribution >= 0.6 is 0 Å². The molecule has 168 valence electrons. The zero-order valence-corrected chi connectivity index (χ0v) is 19.2. The number of hydrogen-bond acceptors (Lipinski definition) is 5. The second-order valence-corrected chi connectivity index (χ2v) is 11.5. The first kappa shape index (κ1) is 21.1. The van der Waals surface area contributed by atoms with Crippen LogP contribution in [0, 0.1) is 20.9 Å². The van der Waals surface area contributed by atoms with Gasteiger partial charge in [0.2, 0.25) is 0 Å². The summed E-state index contributed by atoms with van der Waals surface area (Å²) in [5, 5.41) is 11.5. The van der Waals surface area contributed by atoms with Gasteiger partial charge in [0, 0.05) is 59.5 Å². The zero-order chi connectivity index (χ0) is 23.0. The number of nitro benzene ring substituents is 1. The Kier molecular flexibility index (Phi) is 4.53. The second-order valence-electron chi connectivity index (χ2n) is 11.5. The molecule has 0 bridgehead atoms. The minimum Gasteiger partial charge on any atom is -0.345 e. The topological polar surface area (TPSA) is 80.5 Å². The highest BCUT2D eigenvalue weighted by Gasteiger charge is 2.51. The quantitative estimate of drug-likeness (QED) is 0.467. The fourth-order valence-corrected chi connectivity index (χ4v) is 5.92. The molecule has 4 aliphatic rings. The predicted octanol–water partition coefficient (Wildman–Crippen LogP) is 5.44. The fourth-order valence-electron chi connectivity index (χ4n) is 5.92. The first-order valence-corrected chi connectivity index (χ1v) is 11.5. The number of Topliss-reactive ketones (excluding diaryl/α,β-unsaturated/α-hetero) is 2. The van der Waals surface area contributed by atoms with E-state index in [2.05, 4.69) is 32.6 Å². The average Bonchev–Trinajstić information content (AvgIpc) is 3.49. The average molecular weight is 435 g/mol. The van der Waals surface area contributed by atoms with Crippen molar-refractivity contribution >= 4 is 17.3 Å². The third-order valence-electron chi connectivity index (χ3n) is 7.28. The maximum Gasteiger partial charge on any atom is 0.269 e. The third-order valence-corrected chi connectivity index (χ3v) is 7.28. The molecule has 5 rings (SSSR count). The number of non-ortho nitro benzene ring substituents is 1. The van der Waals surface area contributed by atoms with Gasteiger partial charge in [-0.2, -0.15) is 0 Å². The Balaban J connectivity index is 1.78. The van der Waals surface area contributed by atoms with Crippen molar-refractivity contribution in [2.45, 2.75) is 78.2 Å². The number of allylic oxidation sites excluding steroid dienone is 4. The SMILES string of the molecule is CC1(C)CC(=O)C2=C(C1)N(C1CC1)C1=C(C(=O)CC(C)(C)C1)C2c1cccc([N+](=O)[O-])c1. The van der Waals surface area contributed by atoms with Crippen LogP contribution in [0.2, 0.25) is 0 Å². The van der Waals surface area contributed by atoms with Gasteiger partial charge in [-0.15, -0.1) is 0 Å². The van der Waals surface area contributed by atoms with Crippen LogP contribution in [0.4, 0.5) is 5.69 Å². The van der Waals surface area contributed by atoms with E-state index in [-0.39, 0.29) is 28.1 Å². The van der Waals surface area contributed by atoms with E-state index >= 15 is 0 Å². The normalized spacial score (nSPS) is 25.1. The van der Waals surface area contributed by atoms with Crippen molar-refractivity contribution in [2.75, 3.05) is 0 Å². The molecule has 0 N–H and O–H groups in total. The zero-order valence-electron chi connectivity index (χ0n) is 19.2. The van der Waals surface area contributed by atoms with Crippen molar-refractivity contribution in [3.05, 3.63) is 62.5 Å². The first-order valence-electron chi connectivity index (χ1n) is 11.5. The summed E-state index contributed by atoms with van der Waals surface area (Å²) >= 11 is 0. The van der Waals surface area contributed by atoms with Crippen LogP contribution in [-0.4, -0.2) is 27.4 Å². The number of carbonyl (C=O) groups excluding carboxylic acids is 2. The van der Waals surface area contributed by atoms with Crippen molar-refractivity contribution in [1.29, 1.82) is 0 Å². The molecule has 1 heterocycles. The van der Waals surface area contributed by atoms with Crippen LogP contribution in [0.5, 0.6) is 0 Å². The smallest absolute Gasteiger partial charge is 0.269 e. The highest BCUT2D eigenvalue weighted by atomic mass is 16.6. The minimum absolute atomic E-state index is 0.0106. The van der Waals surface area contributed by atoms with E-state index in [0.717, 1.165) is 37.1 Å². The molecule has 1 saturated carbocycles. The van der Waals surface area contributed by atoms with E-state index in [1.54, 1.807) is 12.1 Å². The van der Waals surface area contributed by atoms with Gasteiger partial charge in [-0.1, -0.05) is 39.8 Å². The van der Waals surface area contributed by atoms with Gasteiger partial charge in [-0.3, -0.25) is 19.7 Å². The second kappa shape index (κ2) is 6.87. The van der Waals surface area contributed by atoms with E-state index in [0.29, 0.717) is 35.6 Å². The van der Waals surface area contributed by atoms with Crippen LogP contribution in [-0.2, 0) is 9.59 Å². The van der Waals surface area contributed by atoms with Crippen molar-refractivity contribution < 1.29 is 14.5 Å².